The number of fused-ring (bicyclic) bond motifs is 8. The maximum atomic E-state index is 16.1. The fraction of sp³-hybridized carbons (Fsp3) is 0.306. The van der Waals surface area contributed by atoms with Crippen molar-refractivity contribution in [3.05, 3.63) is 94.4 Å². The van der Waals surface area contributed by atoms with Gasteiger partial charge in [-0.25, -0.2) is 9.18 Å². The van der Waals surface area contributed by atoms with Gasteiger partial charge in [0.1, 0.15) is 17.3 Å². The summed E-state index contributed by atoms with van der Waals surface area (Å²) in [6.45, 7) is 2.40. The molecular weight excluding hydrogens is 634 g/mol. The second-order valence-electron chi connectivity index (χ2n) is 11.9. The highest BCUT2D eigenvalue weighted by Gasteiger charge is 2.28. The van der Waals surface area contributed by atoms with Crippen LogP contribution < -0.4 is 4.74 Å². The number of ether oxygens (including phenoxy) is 2. The third-order valence-corrected chi connectivity index (χ3v) is 11.0. The maximum Gasteiger partial charge on any atom is 0.354 e. The molecule has 242 valence electrons. The van der Waals surface area contributed by atoms with Gasteiger partial charge in [0.25, 0.3) is 0 Å². The van der Waals surface area contributed by atoms with Crippen LogP contribution in [0.15, 0.2) is 59.5 Å². The first-order valence-corrected chi connectivity index (χ1v) is 17.7. The summed E-state index contributed by atoms with van der Waals surface area (Å²) in [6.07, 6.45) is 1.20. The molecule has 11 heteroatoms. The number of methoxy groups -OCH3 is 1. The van der Waals surface area contributed by atoms with E-state index in [1.165, 1.54) is 13.2 Å². The van der Waals surface area contributed by atoms with Crippen LogP contribution in [0.2, 0.25) is 0 Å². The van der Waals surface area contributed by atoms with Crippen molar-refractivity contribution < 1.29 is 18.7 Å². The number of carbonyl (C=O) groups excluding carboxylic acids is 1. The van der Waals surface area contributed by atoms with Crippen LogP contribution in [0.5, 0.6) is 5.75 Å². The molecule has 0 saturated heterocycles. The Hall–Kier alpha value is -4.22. The number of aryl methyl sites for hydroxylation is 4. The van der Waals surface area contributed by atoms with E-state index < -0.39 is 5.97 Å². The highest BCUT2D eigenvalue weighted by Crippen LogP contribution is 2.41. The van der Waals surface area contributed by atoms with E-state index in [1.54, 1.807) is 38.8 Å². The molecule has 0 unspecified atom stereocenters. The monoisotopic (exact) mass is 669 g/mol. The van der Waals surface area contributed by atoms with E-state index in [-0.39, 0.29) is 5.82 Å². The molecule has 4 heterocycles. The van der Waals surface area contributed by atoms with Gasteiger partial charge in [-0.1, -0.05) is 24.3 Å². The zero-order valence-electron chi connectivity index (χ0n) is 27.1. The third kappa shape index (κ3) is 5.69. The Morgan fingerprint density at radius 2 is 1.79 bits per heavy atom. The number of rotatable bonds is 1. The molecule has 1 aliphatic rings. The van der Waals surface area contributed by atoms with Crippen LogP contribution in [0.25, 0.3) is 32.8 Å². The second-order valence-corrected chi connectivity index (χ2v) is 13.9. The minimum Gasteiger partial charge on any atom is -0.493 e. The molecule has 0 radical (unpaired) electrons. The lowest BCUT2D eigenvalue weighted by atomic mass is 9.98. The van der Waals surface area contributed by atoms with Crippen molar-refractivity contribution in [3.8, 4) is 16.9 Å². The molecule has 3 aromatic heterocycles. The Balaban J connectivity index is 1.37. The largest absolute Gasteiger partial charge is 0.493 e. The number of aromatic nitrogens is 5. The average molecular weight is 670 g/mol. The number of nitrogens with zero attached hydrogens (tertiary/aromatic N) is 5. The van der Waals surface area contributed by atoms with Crippen molar-refractivity contribution in [2.45, 2.75) is 41.9 Å². The predicted molar refractivity (Wildman–Crippen MR) is 187 cm³/mol. The van der Waals surface area contributed by atoms with Gasteiger partial charge in [-0.15, -0.1) is 23.5 Å². The highest BCUT2D eigenvalue weighted by atomic mass is 32.2. The van der Waals surface area contributed by atoms with Crippen LogP contribution in [0.3, 0.4) is 0 Å². The van der Waals surface area contributed by atoms with Gasteiger partial charge in [0.2, 0.25) is 0 Å². The number of carbonyl (C=O) groups is 1. The SMILES string of the molecule is COC(=O)c1c2c3ccc(F)c(c3n1C)-c1c(nn(C)c1C)CSCc1cc(n(C)n1)CSc1cc(c3ccccc3c1)OCCC2. The molecule has 0 amide bonds. The first-order chi connectivity index (χ1) is 22.7. The fourth-order valence-electron chi connectivity index (χ4n) is 6.62. The van der Waals surface area contributed by atoms with Crippen LogP contribution in [0.4, 0.5) is 4.39 Å². The molecule has 8 bridgehead atoms. The van der Waals surface area contributed by atoms with E-state index in [2.05, 4.69) is 30.3 Å². The van der Waals surface area contributed by atoms with Gasteiger partial charge in [-0.2, -0.15) is 10.2 Å². The predicted octanol–water partition coefficient (Wildman–Crippen LogP) is 7.75. The van der Waals surface area contributed by atoms with E-state index in [4.69, 9.17) is 19.7 Å². The summed E-state index contributed by atoms with van der Waals surface area (Å²) < 4.78 is 33.3. The lowest BCUT2D eigenvalue weighted by Crippen LogP contribution is -2.11. The zero-order chi connectivity index (χ0) is 32.8. The Bertz CT molecular complexity index is 2170. The number of esters is 1. The van der Waals surface area contributed by atoms with Crippen LogP contribution in [0.1, 0.15) is 45.2 Å². The first-order valence-electron chi connectivity index (χ1n) is 15.5. The van der Waals surface area contributed by atoms with Crippen molar-refractivity contribution in [2.24, 2.45) is 21.1 Å². The minimum atomic E-state index is -0.454. The van der Waals surface area contributed by atoms with Gasteiger partial charge < -0.3 is 14.0 Å². The number of hydrogen-bond acceptors (Lipinski definition) is 7. The minimum absolute atomic E-state index is 0.358. The summed E-state index contributed by atoms with van der Waals surface area (Å²) in [5.74, 6) is 2.05. The molecule has 7 rings (SSSR count). The quantitative estimate of drug-likeness (QED) is 0.166. The van der Waals surface area contributed by atoms with Crippen molar-refractivity contribution in [2.75, 3.05) is 13.7 Å². The molecular formula is C36H36FN5O3S2. The van der Waals surface area contributed by atoms with Crippen molar-refractivity contribution >= 4 is 51.2 Å². The van der Waals surface area contributed by atoms with Crippen molar-refractivity contribution in [3.63, 3.8) is 0 Å². The second kappa shape index (κ2) is 12.8. The molecule has 3 aromatic carbocycles. The molecule has 0 saturated carbocycles. The molecule has 0 spiro atoms. The summed E-state index contributed by atoms with van der Waals surface area (Å²) >= 11 is 3.46. The maximum absolute atomic E-state index is 16.1. The Morgan fingerprint density at radius 1 is 0.957 bits per heavy atom. The molecule has 47 heavy (non-hydrogen) atoms. The third-order valence-electron chi connectivity index (χ3n) is 8.97. The van der Waals surface area contributed by atoms with Gasteiger partial charge in [0.15, 0.2) is 0 Å². The molecule has 0 aliphatic carbocycles. The summed E-state index contributed by atoms with van der Waals surface area (Å²) in [4.78, 5) is 14.4. The topological polar surface area (TPSA) is 76.1 Å². The average Bonchev–Trinajstić information content (AvgIpc) is 3.66. The first kappa shape index (κ1) is 31.4. The van der Waals surface area contributed by atoms with E-state index in [0.717, 1.165) is 66.5 Å². The summed E-state index contributed by atoms with van der Waals surface area (Å²) in [5.41, 5.74) is 6.87. The van der Waals surface area contributed by atoms with E-state index >= 15 is 4.39 Å². The van der Waals surface area contributed by atoms with E-state index in [1.807, 2.05) is 44.9 Å². The van der Waals surface area contributed by atoms with Gasteiger partial charge >= 0.3 is 5.97 Å². The van der Waals surface area contributed by atoms with Gasteiger partial charge in [0, 0.05) is 76.6 Å². The summed E-state index contributed by atoms with van der Waals surface area (Å²) in [7, 11) is 7.05. The normalized spacial score (nSPS) is 14.2. The van der Waals surface area contributed by atoms with E-state index in [0.29, 0.717) is 47.7 Å². The summed E-state index contributed by atoms with van der Waals surface area (Å²) in [6, 6.07) is 18.0. The molecule has 1 aliphatic heterocycles. The van der Waals surface area contributed by atoms with E-state index in [9.17, 15) is 4.79 Å². The van der Waals surface area contributed by atoms with Crippen LogP contribution in [-0.2, 0) is 49.6 Å². The Morgan fingerprint density at radius 3 is 2.62 bits per heavy atom. The number of thioether (sulfide) groups is 2. The fourth-order valence-corrected chi connectivity index (χ4v) is 8.45. The molecule has 6 aromatic rings. The Kier molecular flexibility index (Phi) is 8.52. The van der Waals surface area contributed by atoms with Crippen molar-refractivity contribution in [1.82, 2.24) is 24.1 Å². The molecule has 8 nitrogen and oxygen atoms in total. The van der Waals surface area contributed by atoms with Crippen LogP contribution in [-0.4, -0.2) is 43.8 Å². The van der Waals surface area contributed by atoms with Gasteiger partial charge in [-0.05, 0) is 61.0 Å². The van der Waals surface area contributed by atoms with Gasteiger partial charge in [0.05, 0.1) is 30.6 Å². The standard InChI is InChI=1S/C36H36FN5O3S2/c1-21-32-30(39-41(21)3)20-46-18-23-16-24(42(4)38-23)19-47-25-15-22-9-6-7-10-26(22)31(17-25)45-14-8-11-27-28-12-13-29(37)33(32)34(28)40(2)35(27)36(43)44-5/h6-7,9-10,12-13,15-17H,8,11,14,18-20H2,1-5H3. The highest BCUT2D eigenvalue weighted by molar-refractivity contribution is 7.98. The lowest BCUT2D eigenvalue weighted by molar-refractivity contribution is 0.0589. The van der Waals surface area contributed by atoms with Crippen LogP contribution >= 0.6 is 23.5 Å². The summed E-state index contributed by atoms with van der Waals surface area (Å²) in [5, 5.41) is 12.6. The molecule has 0 N–H and O–H groups in total. The number of benzene rings is 3. The van der Waals surface area contributed by atoms with Gasteiger partial charge in [-0.3, -0.25) is 9.36 Å². The van der Waals surface area contributed by atoms with Crippen LogP contribution in [0, 0.1) is 12.7 Å². The lowest BCUT2D eigenvalue weighted by Gasteiger charge is -2.12. The molecule has 0 fully saturated rings. The Labute approximate surface area is 281 Å². The number of halogens is 1. The number of hydrogen-bond donors (Lipinski definition) is 0. The molecule has 0 atom stereocenters. The smallest absolute Gasteiger partial charge is 0.354 e. The zero-order valence-corrected chi connectivity index (χ0v) is 28.7. The van der Waals surface area contributed by atoms with Crippen molar-refractivity contribution in [1.29, 1.82) is 0 Å².